The Balaban J connectivity index is 2.37. The van der Waals surface area contributed by atoms with Gasteiger partial charge in [0.2, 0.25) is 0 Å². The van der Waals surface area contributed by atoms with Crippen LogP contribution in [0.3, 0.4) is 0 Å². The van der Waals surface area contributed by atoms with Gasteiger partial charge in [0, 0.05) is 0 Å². The largest absolute Gasteiger partial charge is 0.276 e. The molecule has 2 rings (SSSR count). The van der Waals surface area contributed by atoms with E-state index in [4.69, 9.17) is 0 Å². The van der Waals surface area contributed by atoms with E-state index in [9.17, 15) is 12.8 Å². The number of anilines is 1. The fraction of sp³-hybridized carbons (Fsp3) is 0.0909. The van der Waals surface area contributed by atoms with E-state index < -0.39 is 15.8 Å². The summed E-state index contributed by atoms with van der Waals surface area (Å²) >= 11 is 4.26. The quantitative estimate of drug-likeness (QED) is 0.916. The monoisotopic (exact) mass is 349 g/mol. The Bertz CT molecular complexity index is 682. The van der Waals surface area contributed by atoms with E-state index >= 15 is 0 Å². The lowest BCUT2D eigenvalue weighted by Gasteiger charge is -2.08. The van der Waals surface area contributed by atoms with Gasteiger partial charge in [0.05, 0.1) is 9.47 Å². The minimum atomic E-state index is -3.73. The molecule has 0 fully saturated rings. The summed E-state index contributed by atoms with van der Waals surface area (Å²) in [5.74, 6) is -0.559. The third-order valence-corrected chi connectivity index (χ3v) is 5.73. The molecule has 0 amide bonds. The fourth-order valence-corrected chi connectivity index (χ4v) is 4.43. The van der Waals surface area contributed by atoms with Crippen molar-refractivity contribution in [3.05, 3.63) is 45.5 Å². The summed E-state index contributed by atoms with van der Waals surface area (Å²) in [4.78, 5) is 0. The molecule has 0 spiro atoms. The predicted molar refractivity (Wildman–Crippen MR) is 74.0 cm³/mol. The van der Waals surface area contributed by atoms with E-state index in [0.29, 0.717) is 9.35 Å². The summed E-state index contributed by atoms with van der Waals surface area (Å²) in [6.45, 7) is 1.58. The van der Waals surface area contributed by atoms with E-state index in [1.54, 1.807) is 25.1 Å². The number of aryl methyl sites for hydroxylation is 1. The molecule has 0 bridgehead atoms. The molecule has 0 saturated carbocycles. The Hall–Kier alpha value is -0.920. The van der Waals surface area contributed by atoms with Gasteiger partial charge in [-0.2, -0.15) is 0 Å². The Morgan fingerprint density at radius 3 is 2.61 bits per heavy atom. The summed E-state index contributed by atoms with van der Waals surface area (Å²) in [6, 6.07) is 7.66. The van der Waals surface area contributed by atoms with Gasteiger partial charge in [-0.3, -0.25) is 4.72 Å². The molecule has 0 atom stereocenters. The Morgan fingerprint density at radius 2 is 2.00 bits per heavy atom. The van der Waals surface area contributed by atoms with E-state index in [2.05, 4.69) is 20.7 Å². The van der Waals surface area contributed by atoms with Crippen LogP contribution >= 0.6 is 27.3 Å². The number of halogens is 2. The highest BCUT2D eigenvalue weighted by molar-refractivity contribution is 9.11. The molecule has 3 nitrogen and oxygen atoms in total. The van der Waals surface area contributed by atoms with Gasteiger partial charge in [-0.25, -0.2) is 12.8 Å². The highest BCUT2D eigenvalue weighted by atomic mass is 79.9. The van der Waals surface area contributed by atoms with Crippen molar-refractivity contribution < 1.29 is 12.8 Å². The smallest absolute Gasteiger partial charge is 0.271 e. The first-order valence-corrected chi connectivity index (χ1v) is 8.03. The van der Waals surface area contributed by atoms with E-state index in [1.807, 2.05) is 0 Å². The zero-order valence-electron chi connectivity index (χ0n) is 9.28. The minimum Gasteiger partial charge on any atom is -0.276 e. The molecular formula is C11H9BrFNO2S2. The van der Waals surface area contributed by atoms with Gasteiger partial charge in [-0.1, -0.05) is 12.1 Å². The Kier molecular flexibility index (Phi) is 3.74. The van der Waals surface area contributed by atoms with E-state index in [0.717, 1.165) is 11.3 Å². The molecule has 96 valence electrons. The van der Waals surface area contributed by atoms with Crippen LogP contribution in [0.4, 0.5) is 10.1 Å². The maximum Gasteiger partial charge on any atom is 0.271 e. The number of sulfonamides is 1. The summed E-state index contributed by atoms with van der Waals surface area (Å²) < 4.78 is 40.8. The van der Waals surface area contributed by atoms with Gasteiger partial charge in [0.25, 0.3) is 10.0 Å². The first-order valence-electron chi connectivity index (χ1n) is 4.93. The number of benzene rings is 1. The second-order valence-electron chi connectivity index (χ2n) is 3.60. The van der Waals surface area contributed by atoms with Crippen LogP contribution in [-0.4, -0.2) is 8.42 Å². The highest BCUT2D eigenvalue weighted by Gasteiger charge is 2.18. The molecule has 0 radical (unpaired) electrons. The third kappa shape index (κ3) is 2.73. The van der Waals surface area contributed by atoms with E-state index in [-0.39, 0.29) is 9.90 Å². The molecule has 0 saturated heterocycles. The molecule has 0 unspecified atom stereocenters. The summed E-state index contributed by atoms with van der Waals surface area (Å²) in [7, 11) is -3.73. The zero-order valence-corrected chi connectivity index (χ0v) is 12.5. The molecular weight excluding hydrogens is 341 g/mol. The minimum absolute atomic E-state index is 0.0421. The second-order valence-corrected chi connectivity index (χ2v) is 7.97. The molecule has 1 N–H and O–H groups in total. The maximum atomic E-state index is 13.7. The van der Waals surface area contributed by atoms with Crippen molar-refractivity contribution in [1.29, 1.82) is 0 Å². The fourth-order valence-electron chi connectivity index (χ4n) is 1.36. The van der Waals surface area contributed by atoms with Crippen LogP contribution < -0.4 is 4.72 Å². The molecule has 1 aromatic heterocycles. The van der Waals surface area contributed by atoms with Gasteiger partial charge in [0.15, 0.2) is 0 Å². The summed E-state index contributed by atoms with van der Waals surface area (Å²) in [6.07, 6.45) is 0. The Morgan fingerprint density at radius 1 is 1.28 bits per heavy atom. The normalized spacial score (nSPS) is 11.5. The van der Waals surface area contributed by atoms with Crippen LogP contribution in [-0.2, 0) is 10.0 Å². The lowest BCUT2D eigenvalue weighted by Crippen LogP contribution is -2.12. The number of thiophene rings is 1. The molecule has 18 heavy (non-hydrogen) atoms. The number of hydrogen-bond acceptors (Lipinski definition) is 3. The molecule has 7 heteroatoms. The van der Waals surface area contributed by atoms with E-state index in [1.165, 1.54) is 12.1 Å². The van der Waals surface area contributed by atoms with Crippen LogP contribution in [0.15, 0.2) is 38.3 Å². The SMILES string of the molecule is Cc1cccc(NS(=O)(=O)c2ccc(Br)s2)c1F. The highest BCUT2D eigenvalue weighted by Crippen LogP contribution is 2.28. The van der Waals surface area contributed by atoms with Crippen molar-refractivity contribution in [1.82, 2.24) is 0 Å². The lowest BCUT2D eigenvalue weighted by atomic mass is 10.2. The van der Waals surface area contributed by atoms with Crippen molar-refractivity contribution in [3.8, 4) is 0 Å². The molecule has 0 aliphatic rings. The molecule has 1 heterocycles. The van der Waals surface area contributed by atoms with Gasteiger partial charge in [-0.15, -0.1) is 11.3 Å². The van der Waals surface area contributed by atoms with Gasteiger partial charge >= 0.3 is 0 Å². The molecule has 2 aromatic rings. The van der Waals surface area contributed by atoms with Crippen LogP contribution in [0.25, 0.3) is 0 Å². The summed E-state index contributed by atoms with van der Waals surface area (Å²) in [5, 5.41) is 0. The second kappa shape index (κ2) is 4.99. The maximum absolute atomic E-state index is 13.7. The van der Waals surface area contributed by atoms with Crippen LogP contribution in [0.2, 0.25) is 0 Å². The Labute approximate surface area is 117 Å². The van der Waals surface area contributed by atoms with Gasteiger partial charge in [-0.05, 0) is 46.6 Å². The predicted octanol–water partition coefficient (Wildman–Crippen LogP) is 3.76. The molecule has 1 aromatic carbocycles. The van der Waals surface area contributed by atoms with Crippen molar-refractivity contribution >= 4 is 43.0 Å². The van der Waals surface area contributed by atoms with Gasteiger partial charge in [0.1, 0.15) is 10.0 Å². The number of hydrogen-bond donors (Lipinski definition) is 1. The molecule has 0 aliphatic heterocycles. The summed E-state index contributed by atoms with van der Waals surface area (Å²) in [5.41, 5.74) is 0.349. The first-order chi connectivity index (χ1) is 8.40. The van der Waals surface area contributed by atoms with Gasteiger partial charge < -0.3 is 0 Å². The van der Waals surface area contributed by atoms with Crippen LogP contribution in [0.1, 0.15) is 5.56 Å². The standard InChI is InChI=1S/C11H9BrFNO2S2/c1-7-3-2-4-8(11(7)13)14-18(15,16)10-6-5-9(12)17-10/h2-6,14H,1H3. The number of rotatable bonds is 3. The topological polar surface area (TPSA) is 46.2 Å². The van der Waals surface area contributed by atoms with Crippen molar-refractivity contribution in [2.75, 3.05) is 4.72 Å². The lowest BCUT2D eigenvalue weighted by molar-refractivity contribution is 0.599. The van der Waals surface area contributed by atoms with Crippen molar-refractivity contribution in [2.45, 2.75) is 11.1 Å². The van der Waals surface area contributed by atoms with Crippen molar-refractivity contribution in [2.24, 2.45) is 0 Å². The molecule has 0 aliphatic carbocycles. The van der Waals surface area contributed by atoms with Crippen LogP contribution in [0, 0.1) is 12.7 Å². The average molecular weight is 350 g/mol. The first kappa shape index (κ1) is 13.5. The zero-order chi connectivity index (χ0) is 13.3. The van der Waals surface area contributed by atoms with Crippen LogP contribution in [0.5, 0.6) is 0 Å². The number of nitrogens with one attached hydrogen (secondary N) is 1. The average Bonchev–Trinajstić information content (AvgIpc) is 2.72. The van der Waals surface area contributed by atoms with Crippen molar-refractivity contribution in [3.63, 3.8) is 0 Å². The third-order valence-electron chi connectivity index (χ3n) is 2.25.